The van der Waals surface area contributed by atoms with E-state index in [2.05, 4.69) is 307 Å². The van der Waals surface area contributed by atoms with Crippen molar-refractivity contribution >= 4 is 121 Å². The van der Waals surface area contributed by atoms with Gasteiger partial charge in [-0.05, 0) is 133 Å². The van der Waals surface area contributed by atoms with Gasteiger partial charge in [0.2, 0.25) is 0 Å². The lowest BCUT2D eigenvalue weighted by Crippen LogP contribution is -2.17. The second-order valence-corrected chi connectivity index (χ2v) is 20.5. The molecule has 17 rings (SSSR count). The van der Waals surface area contributed by atoms with Crippen LogP contribution in [0.25, 0.3) is 110 Å². The third-order valence-electron chi connectivity index (χ3n) is 16.4. The van der Waals surface area contributed by atoms with Gasteiger partial charge in [0.15, 0.2) is 0 Å². The number of aromatic nitrogens is 4. The third kappa shape index (κ3) is 6.02. The molecule has 0 amide bonds. The molecule has 1 aliphatic heterocycles. The van der Waals surface area contributed by atoms with Crippen LogP contribution in [0.2, 0.25) is 0 Å². The first-order chi connectivity index (χ1) is 38.7. The lowest BCUT2D eigenvalue weighted by Gasteiger charge is -2.33. The van der Waals surface area contributed by atoms with Gasteiger partial charge in [0.05, 0.1) is 72.6 Å². The summed E-state index contributed by atoms with van der Waals surface area (Å²) in [5.74, 6) is 0. The van der Waals surface area contributed by atoms with E-state index in [9.17, 15) is 0 Å². The minimum absolute atomic E-state index is 1.05. The fourth-order valence-electron chi connectivity index (χ4n) is 13.2. The highest BCUT2D eigenvalue weighted by Crippen LogP contribution is 2.53. The summed E-state index contributed by atoms with van der Waals surface area (Å²) >= 11 is 0. The molecule has 78 heavy (non-hydrogen) atoms. The van der Waals surface area contributed by atoms with Crippen LogP contribution in [0.4, 0.5) is 34.1 Å². The first-order valence-electron chi connectivity index (χ1n) is 26.8. The van der Waals surface area contributed by atoms with Crippen molar-refractivity contribution in [1.82, 2.24) is 18.3 Å². The number of para-hydroxylation sites is 11. The Kier molecular flexibility index (Phi) is 9.03. The Morgan fingerprint density at radius 1 is 0.167 bits per heavy atom. The molecule has 0 saturated heterocycles. The molecule has 6 nitrogen and oxygen atoms in total. The van der Waals surface area contributed by atoms with Gasteiger partial charge in [-0.2, -0.15) is 0 Å². The van der Waals surface area contributed by atoms with Crippen molar-refractivity contribution in [3.63, 3.8) is 0 Å². The standard InChI is InChI=1S/C72H46N6/c1-7-25-60-52(18-1)53-19-2-8-26-61(53)73(60)47-36-40-49(41-37-47)75-67-31-13-14-32-68(67)76(50-42-38-48(39-43-50)74-62-27-9-3-20-54(62)55-21-4-10-28-63(55)74)71-35-17-24-58-59-46-51(44-45-66(59)78(72(58)71)70-34-16-15-33-69(70)75)77-64-29-11-5-22-56(64)57-23-6-12-30-65(57)77/h1-46H. The lowest BCUT2D eigenvalue weighted by atomic mass is 10.1. The Bertz CT molecular complexity index is 4950. The molecule has 16 aromatic rings. The molecule has 0 spiro atoms. The van der Waals surface area contributed by atoms with E-state index in [-0.39, 0.29) is 0 Å². The highest BCUT2D eigenvalue weighted by molar-refractivity contribution is 6.17. The van der Waals surface area contributed by atoms with E-state index in [4.69, 9.17) is 0 Å². The van der Waals surface area contributed by atoms with E-state index in [1.165, 1.54) is 76.2 Å². The minimum atomic E-state index is 1.05. The zero-order valence-electron chi connectivity index (χ0n) is 42.2. The SMILES string of the molecule is c1ccc2c(c1)N(c1ccc(-n3c4ccccc4c4ccccc43)cc1)c1ccccc1-n1c3ccc(-n4c5ccccc5c5ccccc54)cc3c3cccc(c31)N2c1ccc(-n2c3ccccc3c3ccccc32)cc1. The van der Waals surface area contributed by atoms with Crippen molar-refractivity contribution in [1.29, 1.82) is 0 Å². The Balaban J connectivity index is 0.927. The van der Waals surface area contributed by atoms with Crippen molar-refractivity contribution in [2.45, 2.75) is 0 Å². The van der Waals surface area contributed by atoms with Crippen molar-refractivity contribution < 1.29 is 0 Å². The van der Waals surface area contributed by atoms with Crippen molar-refractivity contribution in [2.24, 2.45) is 0 Å². The van der Waals surface area contributed by atoms with Gasteiger partial charge in [0.25, 0.3) is 0 Å². The maximum Gasteiger partial charge on any atom is 0.0783 e. The summed E-state index contributed by atoms with van der Waals surface area (Å²) in [6.07, 6.45) is 0. The number of nitrogens with zero attached hydrogens (tertiary/aromatic N) is 6. The quantitative estimate of drug-likeness (QED) is 0.172. The topological polar surface area (TPSA) is 26.2 Å². The average Bonchev–Trinajstić information content (AvgIpc) is 4.41. The van der Waals surface area contributed by atoms with Crippen LogP contribution in [0.1, 0.15) is 0 Å². The van der Waals surface area contributed by atoms with Gasteiger partial charge < -0.3 is 28.1 Å². The monoisotopic (exact) mass is 994 g/mol. The molecule has 0 saturated carbocycles. The van der Waals surface area contributed by atoms with Crippen LogP contribution >= 0.6 is 0 Å². The molecule has 0 unspecified atom stereocenters. The minimum Gasteiger partial charge on any atom is -0.309 e. The normalized spacial score (nSPS) is 12.6. The predicted molar refractivity (Wildman–Crippen MR) is 327 cm³/mol. The number of hydrogen-bond acceptors (Lipinski definition) is 2. The first kappa shape index (κ1) is 42.8. The highest BCUT2D eigenvalue weighted by atomic mass is 15.2. The number of hydrogen-bond donors (Lipinski definition) is 0. The number of fused-ring (bicyclic) bond motifs is 15. The van der Waals surface area contributed by atoms with Crippen LogP contribution in [0.5, 0.6) is 0 Å². The van der Waals surface area contributed by atoms with Crippen LogP contribution in [-0.2, 0) is 0 Å². The van der Waals surface area contributed by atoms with Crippen molar-refractivity contribution in [3.05, 3.63) is 279 Å². The molecule has 0 aliphatic carbocycles. The number of benzene rings is 12. The van der Waals surface area contributed by atoms with Gasteiger partial charge in [-0.3, -0.25) is 0 Å². The summed E-state index contributed by atoms with van der Waals surface area (Å²) in [7, 11) is 0. The van der Waals surface area contributed by atoms with Gasteiger partial charge in [-0.1, -0.05) is 146 Å². The maximum atomic E-state index is 2.52. The van der Waals surface area contributed by atoms with E-state index in [0.717, 1.165) is 67.9 Å². The predicted octanol–water partition coefficient (Wildman–Crippen LogP) is 19.3. The number of rotatable bonds is 5. The molecule has 0 radical (unpaired) electrons. The smallest absolute Gasteiger partial charge is 0.0783 e. The zero-order chi connectivity index (χ0) is 51.0. The fraction of sp³-hybridized carbons (Fsp3) is 0. The molecule has 4 aromatic heterocycles. The lowest BCUT2D eigenvalue weighted by molar-refractivity contribution is 1.14. The molecule has 0 N–H and O–H groups in total. The molecule has 0 fully saturated rings. The molecular formula is C72H46N6. The van der Waals surface area contributed by atoms with Crippen LogP contribution in [0, 0.1) is 0 Å². The van der Waals surface area contributed by atoms with Crippen LogP contribution in [-0.4, -0.2) is 18.3 Å². The summed E-state index contributed by atoms with van der Waals surface area (Å²) in [6.45, 7) is 0. The Morgan fingerprint density at radius 3 is 0.872 bits per heavy atom. The third-order valence-corrected chi connectivity index (χ3v) is 16.4. The first-order valence-corrected chi connectivity index (χ1v) is 26.8. The van der Waals surface area contributed by atoms with Crippen LogP contribution < -0.4 is 9.80 Å². The van der Waals surface area contributed by atoms with Crippen LogP contribution in [0.15, 0.2) is 279 Å². The van der Waals surface area contributed by atoms with E-state index >= 15 is 0 Å². The van der Waals surface area contributed by atoms with E-state index in [0.29, 0.717) is 0 Å². The summed E-state index contributed by atoms with van der Waals surface area (Å²) in [4.78, 5) is 4.96. The second kappa shape index (κ2) is 16.5. The highest BCUT2D eigenvalue weighted by Gasteiger charge is 2.30. The Labute approximate surface area is 448 Å². The molecule has 0 bridgehead atoms. The van der Waals surface area contributed by atoms with Gasteiger partial charge in [0.1, 0.15) is 0 Å². The average molecular weight is 995 g/mol. The summed E-state index contributed by atoms with van der Waals surface area (Å²) in [6, 6.07) is 103. The fourth-order valence-corrected chi connectivity index (χ4v) is 13.2. The molecule has 364 valence electrons. The summed E-state index contributed by atoms with van der Waals surface area (Å²) < 4.78 is 9.75. The molecule has 5 heterocycles. The number of anilines is 6. The van der Waals surface area contributed by atoms with E-state index in [1.807, 2.05) is 0 Å². The largest absolute Gasteiger partial charge is 0.309 e. The summed E-state index contributed by atoms with van der Waals surface area (Å²) in [5.41, 5.74) is 20.2. The van der Waals surface area contributed by atoms with Gasteiger partial charge in [0, 0.05) is 71.5 Å². The molecule has 6 heteroatoms. The van der Waals surface area contributed by atoms with E-state index in [1.54, 1.807) is 0 Å². The zero-order valence-corrected chi connectivity index (χ0v) is 42.2. The molecule has 1 aliphatic rings. The molecule has 12 aromatic carbocycles. The Hall–Kier alpha value is -10.6. The van der Waals surface area contributed by atoms with Crippen molar-refractivity contribution in [3.8, 4) is 22.7 Å². The van der Waals surface area contributed by atoms with Gasteiger partial charge >= 0.3 is 0 Å². The van der Waals surface area contributed by atoms with E-state index < -0.39 is 0 Å². The molecule has 0 atom stereocenters. The Morgan fingerprint density at radius 2 is 0.449 bits per heavy atom. The maximum absolute atomic E-state index is 2.52. The van der Waals surface area contributed by atoms with Gasteiger partial charge in [-0.25, -0.2) is 0 Å². The second-order valence-electron chi connectivity index (χ2n) is 20.5. The van der Waals surface area contributed by atoms with Gasteiger partial charge in [-0.15, -0.1) is 0 Å². The van der Waals surface area contributed by atoms with Crippen molar-refractivity contribution in [2.75, 3.05) is 9.80 Å². The summed E-state index contributed by atoms with van der Waals surface area (Å²) in [5, 5.41) is 9.83. The van der Waals surface area contributed by atoms with Crippen LogP contribution in [0.3, 0.4) is 0 Å². The molecular weight excluding hydrogens is 949 g/mol.